The number of methoxy groups -OCH3 is 1. The van der Waals surface area contributed by atoms with Crippen LogP contribution in [0, 0.1) is 11.7 Å². The van der Waals surface area contributed by atoms with Crippen molar-refractivity contribution in [3.63, 3.8) is 0 Å². The quantitative estimate of drug-likeness (QED) is 0.886. The fourth-order valence-corrected chi connectivity index (χ4v) is 3.02. The standard InChI is InChI=1S/C15H19FO3/c1-19-14-7-6-11(8-13(14)16)12(9-15(17)18)10-4-2-3-5-10/h6-8,10,12H,2-5,9H2,1H3,(H,17,18). The van der Waals surface area contributed by atoms with Crippen molar-refractivity contribution in [3.8, 4) is 5.75 Å². The Morgan fingerprint density at radius 3 is 2.68 bits per heavy atom. The molecule has 0 bridgehead atoms. The van der Waals surface area contributed by atoms with Crippen LogP contribution in [0.15, 0.2) is 18.2 Å². The van der Waals surface area contributed by atoms with E-state index in [9.17, 15) is 9.18 Å². The Morgan fingerprint density at radius 2 is 2.16 bits per heavy atom. The lowest BCUT2D eigenvalue weighted by Crippen LogP contribution is -2.14. The Kier molecular flexibility index (Phi) is 4.40. The Hall–Kier alpha value is -1.58. The molecule has 1 aliphatic rings. The van der Waals surface area contributed by atoms with Gasteiger partial charge in [0.2, 0.25) is 0 Å². The summed E-state index contributed by atoms with van der Waals surface area (Å²) in [7, 11) is 1.42. The fourth-order valence-electron chi connectivity index (χ4n) is 3.02. The van der Waals surface area contributed by atoms with E-state index in [1.165, 1.54) is 13.2 Å². The number of ether oxygens (including phenoxy) is 1. The molecule has 1 atom stereocenters. The van der Waals surface area contributed by atoms with Gasteiger partial charge in [-0.15, -0.1) is 0 Å². The number of aliphatic carboxylic acids is 1. The summed E-state index contributed by atoms with van der Waals surface area (Å²) in [4.78, 5) is 11.0. The highest BCUT2D eigenvalue weighted by molar-refractivity contribution is 5.68. The molecule has 0 heterocycles. The molecule has 2 rings (SSSR count). The molecule has 4 heteroatoms. The third kappa shape index (κ3) is 3.25. The Morgan fingerprint density at radius 1 is 1.47 bits per heavy atom. The second-order valence-corrected chi connectivity index (χ2v) is 5.14. The summed E-state index contributed by atoms with van der Waals surface area (Å²) in [6, 6.07) is 4.78. The predicted molar refractivity (Wildman–Crippen MR) is 69.9 cm³/mol. The molecule has 0 radical (unpaired) electrons. The zero-order valence-electron chi connectivity index (χ0n) is 11.1. The molecule has 0 amide bonds. The van der Waals surface area contributed by atoms with Crippen molar-refractivity contribution in [2.45, 2.75) is 38.0 Å². The van der Waals surface area contributed by atoms with Crippen molar-refractivity contribution in [2.75, 3.05) is 7.11 Å². The molecule has 0 spiro atoms. The van der Waals surface area contributed by atoms with Crippen molar-refractivity contribution in [3.05, 3.63) is 29.6 Å². The topological polar surface area (TPSA) is 46.5 Å². The summed E-state index contributed by atoms with van der Waals surface area (Å²) in [6.07, 6.45) is 4.41. The third-order valence-electron chi connectivity index (χ3n) is 3.97. The monoisotopic (exact) mass is 266 g/mol. The lowest BCUT2D eigenvalue weighted by Gasteiger charge is -2.22. The van der Waals surface area contributed by atoms with E-state index >= 15 is 0 Å². The average molecular weight is 266 g/mol. The molecule has 0 aromatic heterocycles. The van der Waals surface area contributed by atoms with Crippen LogP contribution in [-0.2, 0) is 4.79 Å². The number of hydrogen-bond acceptors (Lipinski definition) is 2. The third-order valence-corrected chi connectivity index (χ3v) is 3.97. The maximum absolute atomic E-state index is 13.8. The summed E-state index contributed by atoms with van der Waals surface area (Å²) < 4.78 is 18.7. The van der Waals surface area contributed by atoms with E-state index in [4.69, 9.17) is 9.84 Å². The molecule has 1 aromatic carbocycles. The molecule has 19 heavy (non-hydrogen) atoms. The van der Waals surface area contributed by atoms with Crippen LogP contribution in [0.1, 0.15) is 43.6 Å². The first-order valence-corrected chi connectivity index (χ1v) is 6.67. The van der Waals surface area contributed by atoms with E-state index in [0.29, 0.717) is 5.92 Å². The molecule has 0 saturated heterocycles. The zero-order valence-corrected chi connectivity index (χ0v) is 11.1. The largest absolute Gasteiger partial charge is 0.494 e. The molecular formula is C15H19FO3. The summed E-state index contributed by atoms with van der Waals surface area (Å²) in [5.74, 6) is -0.796. The number of carboxylic acid groups (broad SMARTS) is 1. The van der Waals surface area contributed by atoms with E-state index < -0.39 is 11.8 Å². The van der Waals surface area contributed by atoms with Crippen LogP contribution in [0.25, 0.3) is 0 Å². The van der Waals surface area contributed by atoms with Crippen LogP contribution in [0.4, 0.5) is 4.39 Å². The molecule has 1 aliphatic carbocycles. The first-order chi connectivity index (χ1) is 9.11. The van der Waals surface area contributed by atoms with Crippen LogP contribution in [0.3, 0.4) is 0 Å². The Labute approximate surface area is 112 Å². The van der Waals surface area contributed by atoms with Gasteiger partial charge in [0.25, 0.3) is 0 Å². The minimum atomic E-state index is -0.826. The Balaban J connectivity index is 2.26. The van der Waals surface area contributed by atoms with Crippen LogP contribution >= 0.6 is 0 Å². The first-order valence-electron chi connectivity index (χ1n) is 6.67. The SMILES string of the molecule is COc1ccc(C(CC(=O)O)C2CCCC2)cc1F. The van der Waals surface area contributed by atoms with Crippen molar-refractivity contribution in [1.82, 2.24) is 0 Å². The van der Waals surface area contributed by atoms with Gasteiger partial charge in [-0.2, -0.15) is 0 Å². The molecule has 0 aliphatic heterocycles. The molecule has 1 aromatic rings. The van der Waals surface area contributed by atoms with Gasteiger partial charge in [-0.25, -0.2) is 4.39 Å². The second-order valence-electron chi connectivity index (χ2n) is 5.14. The van der Waals surface area contributed by atoms with Gasteiger partial charge in [0.05, 0.1) is 13.5 Å². The van der Waals surface area contributed by atoms with E-state index in [0.717, 1.165) is 31.2 Å². The maximum atomic E-state index is 13.8. The lowest BCUT2D eigenvalue weighted by atomic mass is 9.82. The summed E-state index contributed by atoms with van der Waals surface area (Å²) in [5, 5.41) is 9.06. The number of rotatable bonds is 5. The van der Waals surface area contributed by atoms with E-state index in [1.807, 2.05) is 0 Å². The number of carboxylic acids is 1. The van der Waals surface area contributed by atoms with E-state index in [1.54, 1.807) is 12.1 Å². The normalized spacial score (nSPS) is 17.4. The minimum absolute atomic E-state index is 0.0659. The summed E-state index contributed by atoms with van der Waals surface area (Å²) >= 11 is 0. The van der Waals surface area contributed by atoms with E-state index in [2.05, 4.69) is 0 Å². The molecule has 1 fully saturated rings. The average Bonchev–Trinajstić information content (AvgIpc) is 2.89. The van der Waals surface area contributed by atoms with Crippen molar-refractivity contribution < 1.29 is 19.0 Å². The van der Waals surface area contributed by atoms with Crippen LogP contribution < -0.4 is 4.74 Å². The number of hydrogen-bond donors (Lipinski definition) is 1. The van der Waals surface area contributed by atoms with Crippen molar-refractivity contribution >= 4 is 5.97 Å². The van der Waals surface area contributed by atoms with Crippen molar-refractivity contribution in [1.29, 1.82) is 0 Å². The highest BCUT2D eigenvalue weighted by Crippen LogP contribution is 2.40. The van der Waals surface area contributed by atoms with Gasteiger partial charge in [-0.05, 0) is 42.4 Å². The van der Waals surface area contributed by atoms with Gasteiger partial charge in [0, 0.05) is 0 Å². The van der Waals surface area contributed by atoms with Crippen LogP contribution in [0.2, 0.25) is 0 Å². The Bertz CT molecular complexity index is 453. The first kappa shape index (κ1) is 13.8. The highest BCUT2D eigenvalue weighted by atomic mass is 19.1. The summed E-state index contributed by atoms with van der Waals surface area (Å²) in [5.41, 5.74) is 0.771. The van der Waals surface area contributed by atoms with Gasteiger partial charge in [0.15, 0.2) is 11.6 Å². The molecule has 104 valence electrons. The molecule has 1 N–H and O–H groups in total. The van der Waals surface area contributed by atoms with Crippen LogP contribution in [-0.4, -0.2) is 18.2 Å². The number of halogens is 1. The van der Waals surface area contributed by atoms with Gasteiger partial charge >= 0.3 is 5.97 Å². The molecular weight excluding hydrogens is 247 g/mol. The van der Waals surface area contributed by atoms with Crippen molar-refractivity contribution in [2.24, 2.45) is 5.92 Å². The summed E-state index contributed by atoms with van der Waals surface area (Å²) in [6.45, 7) is 0. The highest BCUT2D eigenvalue weighted by Gasteiger charge is 2.28. The fraction of sp³-hybridized carbons (Fsp3) is 0.533. The van der Waals surface area contributed by atoms with E-state index in [-0.39, 0.29) is 18.1 Å². The van der Waals surface area contributed by atoms with Gasteiger partial charge in [-0.3, -0.25) is 4.79 Å². The molecule has 3 nitrogen and oxygen atoms in total. The van der Waals surface area contributed by atoms with Gasteiger partial charge < -0.3 is 9.84 Å². The zero-order chi connectivity index (χ0) is 13.8. The maximum Gasteiger partial charge on any atom is 0.303 e. The lowest BCUT2D eigenvalue weighted by molar-refractivity contribution is -0.137. The smallest absolute Gasteiger partial charge is 0.303 e. The molecule has 1 unspecified atom stereocenters. The molecule has 1 saturated carbocycles. The predicted octanol–water partition coefficient (Wildman–Crippen LogP) is 3.58. The number of benzene rings is 1. The van der Waals surface area contributed by atoms with Gasteiger partial charge in [-0.1, -0.05) is 18.9 Å². The van der Waals surface area contributed by atoms with Gasteiger partial charge in [0.1, 0.15) is 0 Å². The second kappa shape index (κ2) is 6.04. The number of carbonyl (C=O) groups is 1. The van der Waals surface area contributed by atoms with Crippen LogP contribution in [0.5, 0.6) is 5.75 Å². The minimum Gasteiger partial charge on any atom is -0.494 e.